The molecule has 8 heteroatoms. The minimum atomic E-state index is -1.01. The molecule has 0 bridgehead atoms. The lowest BCUT2D eigenvalue weighted by Crippen LogP contribution is -2.14. The first-order valence-corrected chi connectivity index (χ1v) is 7.73. The average Bonchev–Trinajstić information content (AvgIpc) is 2.98. The molecule has 25 heavy (non-hydrogen) atoms. The Morgan fingerprint density at radius 1 is 1.20 bits per heavy atom. The van der Waals surface area contributed by atoms with E-state index in [1.807, 2.05) is 0 Å². The number of hydrogen-bond acceptors (Lipinski definition) is 5. The number of ketones is 1. The lowest BCUT2D eigenvalue weighted by molar-refractivity contribution is -0.137. The third-order valence-electron chi connectivity index (χ3n) is 3.28. The second-order valence-electron chi connectivity index (χ2n) is 5.37. The average molecular weight is 345 g/mol. The van der Waals surface area contributed by atoms with Gasteiger partial charge in [-0.1, -0.05) is 0 Å². The molecule has 0 unspecified atom stereocenters. The van der Waals surface area contributed by atoms with Crippen molar-refractivity contribution in [1.82, 2.24) is 9.78 Å². The summed E-state index contributed by atoms with van der Waals surface area (Å²) in [5, 5.41) is 15.2. The van der Waals surface area contributed by atoms with Crippen LogP contribution in [0.5, 0.6) is 5.75 Å². The fraction of sp³-hybridized carbons (Fsp3) is 0.294. The Bertz CT molecular complexity index is 752. The van der Waals surface area contributed by atoms with E-state index < -0.39 is 5.97 Å². The molecule has 0 aliphatic heterocycles. The molecular formula is C17H19N3O5. The van der Waals surface area contributed by atoms with Crippen molar-refractivity contribution < 1.29 is 24.2 Å². The molecule has 0 fully saturated rings. The number of carboxylic acid groups (broad SMARTS) is 1. The fourth-order valence-corrected chi connectivity index (χ4v) is 2.07. The molecule has 1 amide bonds. The summed E-state index contributed by atoms with van der Waals surface area (Å²) in [4.78, 5) is 33.5. The van der Waals surface area contributed by atoms with Crippen LogP contribution in [0.2, 0.25) is 0 Å². The SMILES string of the molecule is CC(=O)c1ccc(OCCCC(=O)Nc2ccn(CC(=O)O)n2)cc1. The second kappa shape index (κ2) is 8.62. The Morgan fingerprint density at radius 2 is 1.92 bits per heavy atom. The molecular weight excluding hydrogens is 326 g/mol. The number of anilines is 1. The van der Waals surface area contributed by atoms with Crippen LogP contribution in [0.4, 0.5) is 5.82 Å². The standard InChI is InChI=1S/C17H19N3O5/c1-12(21)13-4-6-14(7-5-13)25-10-2-3-16(22)18-15-8-9-20(19-15)11-17(23)24/h4-9H,2-3,10-11H2,1H3,(H,23,24)(H,18,19,22). The maximum atomic E-state index is 11.8. The van der Waals surface area contributed by atoms with Crippen LogP contribution in [0.15, 0.2) is 36.5 Å². The maximum Gasteiger partial charge on any atom is 0.325 e. The Hall–Kier alpha value is -3.16. The summed E-state index contributed by atoms with van der Waals surface area (Å²) in [7, 11) is 0. The molecule has 132 valence electrons. The molecule has 0 saturated carbocycles. The number of Topliss-reactive ketones (excluding diaryl/α,β-unsaturated/α-hetero) is 1. The molecule has 1 aromatic heterocycles. The van der Waals surface area contributed by atoms with Crippen molar-refractivity contribution in [3.8, 4) is 5.75 Å². The molecule has 0 spiro atoms. The van der Waals surface area contributed by atoms with E-state index in [0.717, 1.165) is 0 Å². The van der Waals surface area contributed by atoms with Crippen molar-refractivity contribution in [3.05, 3.63) is 42.1 Å². The number of nitrogens with zero attached hydrogens (tertiary/aromatic N) is 2. The number of aliphatic carboxylic acids is 1. The quantitative estimate of drug-likeness (QED) is 0.531. The van der Waals surface area contributed by atoms with Gasteiger partial charge in [-0.2, -0.15) is 5.10 Å². The van der Waals surface area contributed by atoms with Gasteiger partial charge in [0.15, 0.2) is 11.6 Å². The Morgan fingerprint density at radius 3 is 2.56 bits per heavy atom. The van der Waals surface area contributed by atoms with Crippen LogP contribution in [-0.2, 0) is 16.1 Å². The van der Waals surface area contributed by atoms with Crippen molar-refractivity contribution in [1.29, 1.82) is 0 Å². The first-order chi connectivity index (χ1) is 11.9. The summed E-state index contributed by atoms with van der Waals surface area (Å²) in [5.41, 5.74) is 0.620. The van der Waals surface area contributed by atoms with Crippen LogP contribution in [0.3, 0.4) is 0 Å². The van der Waals surface area contributed by atoms with Gasteiger partial charge in [0.1, 0.15) is 12.3 Å². The van der Waals surface area contributed by atoms with Gasteiger partial charge in [-0.15, -0.1) is 0 Å². The molecule has 0 aliphatic carbocycles. The van der Waals surface area contributed by atoms with Gasteiger partial charge in [0, 0.05) is 24.2 Å². The van der Waals surface area contributed by atoms with Crippen LogP contribution >= 0.6 is 0 Å². The highest BCUT2D eigenvalue weighted by Crippen LogP contribution is 2.13. The van der Waals surface area contributed by atoms with Crippen LogP contribution in [-0.4, -0.2) is 39.2 Å². The van der Waals surface area contributed by atoms with E-state index in [9.17, 15) is 14.4 Å². The minimum absolute atomic E-state index is 0.00554. The van der Waals surface area contributed by atoms with Crippen molar-refractivity contribution >= 4 is 23.5 Å². The van der Waals surface area contributed by atoms with E-state index in [4.69, 9.17) is 9.84 Å². The third-order valence-corrected chi connectivity index (χ3v) is 3.28. The summed E-state index contributed by atoms with van der Waals surface area (Å²) in [6.07, 6.45) is 2.24. The molecule has 2 aromatic rings. The monoisotopic (exact) mass is 345 g/mol. The summed E-state index contributed by atoms with van der Waals surface area (Å²) in [5.74, 6) is -0.288. The number of carboxylic acids is 1. The van der Waals surface area contributed by atoms with E-state index >= 15 is 0 Å². The highest BCUT2D eigenvalue weighted by atomic mass is 16.5. The van der Waals surface area contributed by atoms with E-state index in [2.05, 4.69) is 10.4 Å². The number of amides is 1. The third kappa shape index (κ3) is 6.09. The van der Waals surface area contributed by atoms with Gasteiger partial charge in [0.25, 0.3) is 0 Å². The van der Waals surface area contributed by atoms with Crippen LogP contribution in [0.25, 0.3) is 0 Å². The smallest absolute Gasteiger partial charge is 0.325 e. The van der Waals surface area contributed by atoms with Crippen molar-refractivity contribution in [2.75, 3.05) is 11.9 Å². The first-order valence-electron chi connectivity index (χ1n) is 7.73. The van der Waals surface area contributed by atoms with Gasteiger partial charge in [-0.25, -0.2) is 0 Å². The van der Waals surface area contributed by atoms with Gasteiger partial charge in [0.2, 0.25) is 5.91 Å². The topological polar surface area (TPSA) is 111 Å². The number of carbonyl (C=O) groups is 3. The molecule has 0 radical (unpaired) electrons. The number of rotatable bonds is 9. The Balaban J connectivity index is 1.69. The molecule has 2 N–H and O–H groups in total. The van der Waals surface area contributed by atoms with Crippen LogP contribution < -0.4 is 10.1 Å². The predicted octanol–water partition coefficient (Wildman–Crippen LogP) is 1.97. The number of carbonyl (C=O) groups excluding carboxylic acids is 2. The van der Waals surface area contributed by atoms with E-state index in [0.29, 0.717) is 30.2 Å². The number of hydrogen-bond donors (Lipinski definition) is 2. The fourth-order valence-electron chi connectivity index (χ4n) is 2.07. The summed E-state index contributed by atoms with van der Waals surface area (Å²) < 4.78 is 6.74. The highest BCUT2D eigenvalue weighted by Gasteiger charge is 2.07. The van der Waals surface area contributed by atoms with Crippen molar-refractivity contribution in [3.63, 3.8) is 0 Å². The normalized spacial score (nSPS) is 10.3. The zero-order valence-corrected chi connectivity index (χ0v) is 13.8. The molecule has 1 heterocycles. The van der Waals surface area contributed by atoms with Gasteiger partial charge in [-0.05, 0) is 37.6 Å². The number of aromatic nitrogens is 2. The van der Waals surface area contributed by atoms with Crippen molar-refractivity contribution in [2.45, 2.75) is 26.3 Å². The maximum absolute atomic E-state index is 11.8. The van der Waals surface area contributed by atoms with Crippen LogP contribution in [0.1, 0.15) is 30.1 Å². The second-order valence-corrected chi connectivity index (χ2v) is 5.37. The molecule has 2 rings (SSSR count). The number of benzene rings is 1. The van der Waals surface area contributed by atoms with E-state index in [1.165, 1.54) is 23.9 Å². The molecule has 8 nitrogen and oxygen atoms in total. The summed E-state index contributed by atoms with van der Waals surface area (Å²) in [6, 6.07) is 8.35. The van der Waals surface area contributed by atoms with Gasteiger partial charge in [-0.3, -0.25) is 19.1 Å². The van der Waals surface area contributed by atoms with E-state index in [1.54, 1.807) is 24.3 Å². The van der Waals surface area contributed by atoms with Gasteiger partial charge in [0.05, 0.1) is 6.61 Å². The molecule has 0 aliphatic rings. The zero-order chi connectivity index (χ0) is 18.2. The van der Waals surface area contributed by atoms with Gasteiger partial charge >= 0.3 is 5.97 Å². The predicted molar refractivity (Wildman–Crippen MR) is 89.7 cm³/mol. The van der Waals surface area contributed by atoms with Crippen LogP contribution in [0, 0.1) is 0 Å². The molecule has 0 atom stereocenters. The largest absolute Gasteiger partial charge is 0.494 e. The minimum Gasteiger partial charge on any atom is -0.494 e. The van der Waals surface area contributed by atoms with Gasteiger partial charge < -0.3 is 15.2 Å². The van der Waals surface area contributed by atoms with Crippen molar-refractivity contribution in [2.24, 2.45) is 0 Å². The summed E-state index contributed by atoms with van der Waals surface area (Å²) >= 11 is 0. The first kappa shape index (κ1) is 18.2. The van der Waals surface area contributed by atoms with E-state index in [-0.39, 0.29) is 24.7 Å². The number of ether oxygens (including phenoxy) is 1. The lowest BCUT2D eigenvalue weighted by atomic mass is 10.1. The Labute approximate surface area is 144 Å². The molecule has 0 saturated heterocycles. The molecule has 1 aromatic carbocycles. The lowest BCUT2D eigenvalue weighted by Gasteiger charge is -2.06. The highest BCUT2D eigenvalue weighted by molar-refractivity contribution is 5.94. The Kier molecular flexibility index (Phi) is 6.27. The number of nitrogens with one attached hydrogen (secondary N) is 1. The summed E-state index contributed by atoms with van der Waals surface area (Å²) in [6.45, 7) is 1.60. The zero-order valence-electron chi connectivity index (χ0n) is 13.8.